The Labute approximate surface area is 180 Å². The van der Waals surface area contributed by atoms with Gasteiger partial charge in [0.1, 0.15) is 0 Å². The molecule has 2 saturated heterocycles. The van der Waals surface area contributed by atoms with E-state index in [0.717, 1.165) is 11.3 Å². The summed E-state index contributed by atoms with van der Waals surface area (Å²) < 4.78 is 32.1. The fourth-order valence-electron chi connectivity index (χ4n) is 3.32. The number of hydrogen-bond acceptors (Lipinski definition) is 6. The van der Waals surface area contributed by atoms with Crippen LogP contribution < -0.4 is 0 Å². The van der Waals surface area contributed by atoms with Gasteiger partial charge >= 0.3 is 0 Å². The summed E-state index contributed by atoms with van der Waals surface area (Å²) in [5.41, 5.74) is 1.54. The molecule has 0 saturated carbocycles. The summed E-state index contributed by atoms with van der Waals surface area (Å²) >= 11 is 1.56. The molecular weight excluding hydrogens is 422 g/mol. The van der Waals surface area contributed by atoms with Crippen LogP contribution in [-0.2, 0) is 21.3 Å². The number of hydrogen-bond donors (Lipinski definition) is 0. The van der Waals surface area contributed by atoms with E-state index in [1.54, 1.807) is 28.8 Å². The van der Waals surface area contributed by atoms with Crippen LogP contribution in [0.25, 0.3) is 0 Å². The predicted molar refractivity (Wildman–Crippen MR) is 117 cm³/mol. The largest absolute Gasteiger partial charge is 0.379 e. The summed E-state index contributed by atoms with van der Waals surface area (Å²) in [5.74, 6) is 0.630. The number of benzene rings is 2. The number of morpholine rings is 1. The van der Waals surface area contributed by atoms with E-state index in [4.69, 9.17) is 4.74 Å². The van der Waals surface area contributed by atoms with Gasteiger partial charge in [0.2, 0.25) is 10.0 Å². The standard InChI is InChI=1S/C21H23N3O4S2/c25-20(24-12-15-29-21(24)22-16-17-4-2-1-3-5-17)18-6-8-19(9-7-18)30(26,27)23-10-13-28-14-11-23/h1-9H,10-16H2. The second-order valence-corrected chi connectivity index (χ2v) is 9.93. The number of carbonyl (C=O) groups excluding carboxylic acids is 1. The van der Waals surface area contributed by atoms with Gasteiger partial charge in [0.05, 0.1) is 24.7 Å². The number of nitrogens with zero attached hydrogens (tertiary/aromatic N) is 3. The smallest absolute Gasteiger partial charge is 0.259 e. The van der Waals surface area contributed by atoms with E-state index in [1.165, 1.54) is 16.4 Å². The van der Waals surface area contributed by atoms with Crippen molar-refractivity contribution in [1.29, 1.82) is 0 Å². The van der Waals surface area contributed by atoms with Crippen LogP contribution in [-0.4, -0.2) is 67.3 Å². The number of aliphatic imine (C=N–C) groups is 1. The van der Waals surface area contributed by atoms with Crippen LogP contribution in [0.15, 0.2) is 64.5 Å². The molecule has 158 valence electrons. The van der Waals surface area contributed by atoms with E-state index < -0.39 is 10.0 Å². The molecule has 0 N–H and O–H groups in total. The first-order valence-electron chi connectivity index (χ1n) is 9.77. The van der Waals surface area contributed by atoms with Gasteiger partial charge < -0.3 is 4.74 Å². The average molecular weight is 446 g/mol. The first-order chi connectivity index (χ1) is 14.6. The van der Waals surface area contributed by atoms with Gasteiger partial charge in [-0.2, -0.15) is 4.31 Å². The Morgan fingerprint density at radius 1 is 1.00 bits per heavy atom. The van der Waals surface area contributed by atoms with Gasteiger partial charge in [-0.3, -0.25) is 14.7 Å². The molecule has 0 aromatic heterocycles. The third-order valence-corrected chi connectivity index (χ3v) is 7.88. The lowest BCUT2D eigenvalue weighted by Crippen LogP contribution is -2.40. The molecule has 2 aliphatic rings. The quantitative estimate of drug-likeness (QED) is 0.706. The normalized spacial score (nSPS) is 19.3. The molecule has 0 unspecified atom stereocenters. The van der Waals surface area contributed by atoms with Gasteiger partial charge in [-0.05, 0) is 29.8 Å². The van der Waals surface area contributed by atoms with Gasteiger partial charge in [-0.25, -0.2) is 8.42 Å². The highest BCUT2D eigenvalue weighted by molar-refractivity contribution is 8.14. The number of amides is 1. The number of thioether (sulfide) groups is 1. The second-order valence-electron chi connectivity index (χ2n) is 6.93. The Kier molecular flexibility index (Phi) is 6.52. The van der Waals surface area contributed by atoms with Gasteiger partial charge in [-0.1, -0.05) is 42.1 Å². The maximum absolute atomic E-state index is 13.0. The maximum Gasteiger partial charge on any atom is 0.259 e. The van der Waals surface area contributed by atoms with Crippen molar-refractivity contribution in [2.24, 2.45) is 4.99 Å². The Morgan fingerprint density at radius 3 is 2.40 bits per heavy atom. The Balaban J connectivity index is 1.47. The minimum absolute atomic E-state index is 0.165. The highest BCUT2D eigenvalue weighted by Gasteiger charge is 2.29. The third-order valence-electron chi connectivity index (χ3n) is 4.97. The van der Waals surface area contributed by atoms with Crippen molar-refractivity contribution in [2.45, 2.75) is 11.4 Å². The SMILES string of the molecule is O=C(c1ccc(S(=O)(=O)N2CCOCC2)cc1)N1CCSC1=NCc1ccccc1. The molecule has 2 aromatic rings. The first kappa shape index (κ1) is 21.0. The number of rotatable bonds is 5. The minimum atomic E-state index is -3.57. The number of ether oxygens (including phenoxy) is 1. The van der Waals surface area contributed by atoms with Crippen LogP contribution in [0.2, 0.25) is 0 Å². The molecule has 1 amide bonds. The second kappa shape index (κ2) is 9.30. The van der Waals surface area contributed by atoms with Crippen molar-refractivity contribution in [3.05, 3.63) is 65.7 Å². The van der Waals surface area contributed by atoms with Crippen LogP contribution >= 0.6 is 11.8 Å². The van der Waals surface area contributed by atoms with E-state index in [0.29, 0.717) is 50.1 Å². The Bertz CT molecular complexity index is 1020. The van der Waals surface area contributed by atoms with Gasteiger partial charge in [-0.15, -0.1) is 0 Å². The third kappa shape index (κ3) is 4.59. The molecule has 0 bridgehead atoms. The molecule has 0 radical (unpaired) electrons. The zero-order valence-electron chi connectivity index (χ0n) is 16.4. The summed E-state index contributed by atoms with van der Waals surface area (Å²) in [5, 5.41) is 0.703. The molecule has 2 heterocycles. The van der Waals surface area contributed by atoms with Crippen LogP contribution in [0.5, 0.6) is 0 Å². The molecule has 7 nitrogen and oxygen atoms in total. The lowest BCUT2D eigenvalue weighted by molar-refractivity contribution is 0.0730. The number of sulfonamides is 1. The van der Waals surface area contributed by atoms with Gasteiger partial charge in [0.25, 0.3) is 5.91 Å². The molecule has 4 rings (SSSR count). The predicted octanol–water partition coefficient (Wildman–Crippen LogP) is 2.45. The van der Waals surface area contributed by atoms with Crippen LogP contribution in [0.1, 0.15) is 15.9 Å². The van der Waals surface area contributed by atoms with Crippen molar-refractivity contribution < 1.29 is 17.9 Å². The molecule has 0 atom stereocenters. The monoisotopic (exact) mass is 445 g/mol. The van der Waals surface area contributed by atoms with Crippen molar-refractivity contribution in [1.82, 2.24) is 9.21 Å². The lowest BCUT2D eigenvalue weighted by Gasteiger charge is -2.26. The number of carbonyl (C=O) groups is 1. The molecule has 30 heavy (non-hydrogen) atoms. The van der Waals surface area contributed by atoms with Crippen molar-refractivity contribution in [3.8, 4) is 0 Å². The van der Waals surface area contributed by atoms with Crippen LogP contribution in [0.3, 0.4) is 0 Å². The van der Waals surface area contributed by atoms with E-state index in [-0.39, 0.29) is 10.8 Å². The van der Waals surface area contributed by atoms with Crippen LogP contribution in [0.4, 0.5) is 0 Å². The molecule has 9 heteroatoms. The lowest BCUT2D eigenvalue weighted by atomic mass is 10.2. The molecule has 0 aliphatic carbocycles. The fraction of sp³-hybridized carbons (Fsp3) is 0.333. The Hall–Kier alpha value is -2.20. The molecule has 0 spiro atoms. The highest BCUT2D eigenvalue weighted by atomic mass is 32.2. The summed E-state index contributed by atoms with van der Waals surface area (Å²) in [4.78, 5) is 19.5. The molecule has 2 fully saturated rings. The summed E-state index contributed by atoms with van der Waals surface area (Å²) in [6, 6.07) is 16.1. The molecule has 2 aliphatic heterocycles. The first-order valence-corrected chi connectivity index (χ1v) is 12.2. The highest BCUT2D eigenvalue weighted by Crippen LogP contribution is 2.23. The molecular formula is C21H23N3O4S2. The Morgan fingerprint density at radius 2 is 1.70 bits per heavy atom. The zero-order chi connectivity index (χ0) is 21.0. The van der Waals surface area contributed by atoms with E-state index in [2.05, 4.69) is 4.99 Å². The van der Waals surface area contributed by atoms with E-state index in [1.807, 2.05) is 30.3 Å². The van der Waals surface area contributed by atoms with E-state index in [9.17, 15) is 13.2 Å². The van der Waals surface area contributed by atoms with Gasteiger partial charge in [0.15, 0.2) is 5.17 Å². The van der Waals surface area contributed by atoms with Crippen LogP contribution in [0, 0.1) is 0 Å². The average Bonchev–Trinajstić information content (AvgIpc) is 3.27. The number of amidine groups is 1. The zero-order valence-corrected chi connectivity index (χ0v) is 18.1. The van der Waals surface area contributed by atoms with E-state index >= 15 is 0 Å². The topological polar surface area (TPSA) is 79.3 Å². The molecule has 2 aromatic carbocycles. The summed E-state index contributed by atoms with van der Waals surface area (Å²) in [7, 11) is -3.57. The van der Waals surface area contributed by atoms with Crippen molar-refractivity contribution in [2.75, 3.05) is 38.6 Å². The van der Waals surface area contributed by atoms with Gasteiger partial charge in [0, 0.05) is 31.0 Å². The van der Waals surface area contributed by atoms with Crippen molar-refractivity contribution >= 4 is 32.9 Å². The van der Waals surface area contributed by atoms with Crippen molar-refractivity contribution in [3.63, 3.8) is 0 Å². The minimum Gasteiger partial charge on any atom is -0.379 e. The maximum atomic E-state index is 13.0. The summed E-state index contributed by atoms with van der Waals surface area (Å²) in [6.07, 6.45) is 0. The summed E-state index contributed by atoms with van der Waals surface area (Å²) in [6.45, 7) is 2.58. The fourth-order valence-corrected chi connectivity index (χ4v) is 5.68.